The van der Waals surface area contributed by atoms with Crippen LogP contribution in [0.2, 0.25) is 0 Å². The van der Waals surface area contributed by atoms with Gasteiger partial charge in [-0.2, -0.15) is 0 Å². The molecule has 0 aromatic heterocycles. The molecule has 0 saturated heterocycles. The summed E-state index contributed by atoms with van der Waals surface area (Å²) in [7, 11) is 0. The molecular weight excluding hydrogens is 272 g/mol. The Morgan fingerprint density at radius 2 is 2.14 bits per heavy atom. The van der Waals surface area contributed by atoms with Gasteiger partial charge in [-0.3, -0.25) is 0 Å². The second-order valence-electron chi connectivity index (χ2n) is 8.34. The molecule has 1 N–H and O–H groups in total. The topological polar surface area (TPSA) is 37.3 Å². The van der Waals surface area contributed by atoms with E-state index >= 15 is 0 Å². The highest BCUT2D eigenvalue weighted by molar-refractivity contribution is 5.87. The van der Waals surface area contributed by atoms with Crippen LogP contribution in [0.3, 0.4) is 0 Å². The van der Waals surface area contributed by atoms with Gasteiger partial charge in [0, 0.05) is 5.57 Å². The van der Waals surface area contributed by atoms with Crippen LogP contribution >= 0.6 is 0 Å². The molecule has 4 aliphatic carbocycles. The smallest absolute Gasteiger partial charge is 0.331 e. The van der Waals surface area contributed by atoms with E-state index < -0.39 is 5.97 Å². The summed E-state index contributed by atoms with van der Waals surface area (Å²) in [4.78, 5) is 11.3. The van der Waals surface area contributed by atoms with Gasteiger partial charge in [0.25, 0.3) is 0 Å². The molecule has 0 aromatic rings. The van der Waals surface area contributed by atoms with Crippen molar-refractivity contribution in [1.29, 1.82) is 0 Å². The first kappa shape index (κ1) is 14.3. The number of carboxylic acid groups (broad SMARTS) is 1. The maximum Gasteiger partial charge on any atom is 0.331 e. The molecule has 2 heteroatoms. The monoisotopic (exact) mass is 298 g/mol. The molecular formula is C20H26O2. The van der Waals surface area contributed by atoms with E-state index in [1.807, 2.05) is 6.08 Å². The fourth-order valence-corrected chi connectivity index (χ4v) is 5.89. The number of rotatable bonds is 1. The van der Waals surface area contributed by atoms with E-state index in [4.69, 9.17) is 0 Å². The summed E-state index contributed by atoms with van der Waals surface area (Å²) in [5.41, 5.74) is 2.43. The Morgan fingerprint density at radius 3 is 2.91 bits per heavy atom. The summed E-state index contributed by atoms with van der Waals surface area (Å²) in [5, 5.41) is 9.29. The van der Waals surface area contributed by atoms with Crippen LogP contribution in [0.4, 0.5) is 0 Å². The zero-order valence-electron chi connectivity index (χ0n) is 13.6. The summed E-state index contributed by atoms with van der Waals surface area (Å²) in [5.74, 6) is 1.43. The molecule has 0 heterocycles. The Bertz CT molecular complexity index is 611. The molecule has 5 atom stereocenters. The fraction of sp³-hybridized carbons (Fsp3) is 0.650. The molecule has 0 aliphatic heterocycles. The number of carbonyl (C=O) groups is 1. The van der Waals surface area contributed by atoms with Gasteiger partial charge in [-0.1, -0.05) is 38.5 Å². The number of fused-ring (bicyclic) bond motifs is 5. The second kappa shape index (κ2) is 4.59. The number of aliphatic carboxylic acids is 1. The minimum absolute atomic E-state index is 0.141. The van der Waals surface area contributed by atoms with Crippen molar-refractivity contribution in [3.05, 3.63) is 35.5 Å². The van der Waals surface area contributed by atoms with E-state index in [9.17, 15) is 9.90 Å². The summed E-state index contributed by atoms with van der Waals surface area (Å²) < 4.78 is 0. The van der Waals surface area contributed by atoms with Gasteiger partial charge in [-0.05, 0) is 72.3 Å². The lowest BCUT2D eigenvalue weighted by atomic mass is 9.51. The van der Waals surface area contributed by atoms with Crippen molar-refractivity contribution in [2.45, 2.75) is 52.4 Å². The Balaban J connectivity index is 1.74. The first-order valence-electron chi connectivity index (χ1n) is 8.78. The highest BCUT2D eigenvalue weighted by Crippen LogP contribution is 2.61. The summed E-state index contributed by atoms with van der Waals surface area (Å²) in [6, 6.07) is 0. The lowest BCUT2D eigenvalue weighted by Crippen LogP contribution is -2.45. The molecule has 0 bridgehead atoms. The highest BCUT2D eigenvalue weighted by Gasteiger charge is 2.53. The quantitative estimate of drug-likeness (QED) is 0.710. The molecule has 4 rings (SSSR count). The second-order valence-corrected chi connectivity index (χ2v) is 8.34. The SMILES string of the molecule is C[C@]12CCC(C(=O)O)=CC1=CCC1C2C=C[C@]2(C)CCCC12. The fourth-order valence-electron chi connectivity index (χ4n) is 5.89. The molecule has 0 amide bonds. The number of allylic oxidation sites excluding steroid dienone is 5. The van der Waals surface area contributed by atoms with E-state index in [-0.39, 0.29) is 5.41 Å². The molecule has 2 nitrogen and oxygen atoms in total. The van der Waals surface area contributed by atoms with E-state index in [2.05, 4.69) is 32.1 Å². The van der Waals surface area contributed by atoms with Crippen molar-refractivity contribution in [3.63, 3.8) is 0 Å². The molecule has 118 valence electrons. The first-order chi connectivity index (χ1) is 10.4. The minimum atomic E-state index is -0.743. The van der Waals surface area contributed by atoms with Gasteiger partial charge < -0.3 is 5.11 Å². The molecule has 0 aromatic carbocycles. The highest BCUT2D eigenvalue weighted by atomic mass is 16.4. The minimum Gasteiger partial charge on any atom is -0.478 e. The molecule has 3 unspecified atom stereocenters. The van der Waals surface area contributed by atoms with Crippen molar-refractivity contribution < 1.29 is 9.90 Å². The first-order valence-corrected chi connectivity index (χ1v) is 8.78. The third-order valence-electron chi connectivity index (χ3n) is 7.26. The third kappa shape index (κ3) is 1.82. The predicted molar refractivity (Wildman–Crippen MR) is 87.3 cm³/mol. The van der Waals surface area contributed by atoms with Crippen LogP contribution in [-0.4, -0.2) is 11.1 Å². The largest absolute Gasteiger partial charge is 0.478 e. The van der Waals surface area contributed by atoms with Crippen molar-refractivity contribution >= 4 is 5.97 Å². The van der Waals surface area contributed by atoms with Crippen molar-refractivity contribution in [1.82, 2.24) is 0 Å². The maximum absolute atomic E-state index is 11.3. The summed E-state index contributed by atoms with van der Waals surface area (Å²) >= 11 is 0. The van der Waals surface area contributed by atoms with Gasteiger partial charge in [0.15, 0.2) is 0 Å². The van der Waals surface area contributed by atoms with Crippen molar-refractivity contribution in [2.24, 2.45) is 28.6 Å². The van der Waals surface area contributed by atoms with Crippen molar-refractivity contribution in [3.8, 4) is 0 Å². The molecule has 4 aliphatic rings. The van der Waals surface area contributed by atoms with Crippen LogP contribution in [0.5, 0.6) is 0 Å². The summed E-state index contributed by atoms with van der Waals surface area (Å²) in [6.07, 6.45) is 16.2. The Labute approximate surface area is 133 Å². The van der Waals surface area contributed by atoms with Gasteiger partial charge in [0.1, 0.15) is 0 Å². The molecule has 22 heavy (non-hydrogen) atoms. The van der Waals surface area contributed by atoms with Crippen LogP contribution < -0.4 is 0 Å². The Morgan fingerprint density at radius 1 is 1.32 bits per heavy atom. The van der Waals surface area contributed by atoms with Gasteiger partial charge in [0.05, 0.1) is 0 Å². The Kier molecular flexibility index (Phi) is 2.99. The van der Waals surface area contributed by atoms with Crippen LogP contribution in [-0.2, 0) is 4.79 Å². The number of carboxylic acids is 1. The lowest BCUT2D eigenvalue weighted by Gasteiger charge is -2.53. The van der Waals surface area contributed by atoms with E-state index in [1.165, 1.54) is 24.8 Å². The number of hydrogen-bond donors (Lipinski definition) is 1. The maximum atomic E-state index is 11.3. The van der Waals surface area contributed by atoms with E-state index in [0.717, 1.165) is 24.7 Å². The Hall–Kier alpha value is -1.31. The van der Waals surface area contributed by atoms with Crippen LogP contribution in [0.15, 0.2) is 35.5 Å². The third-order valence-corrected chi connectivity index (χ3v) is 7.26. The standard InChI is InChI=1S/C20H26O2/c1-19-9-3-4-16(19)15-6-5-14-12-13(18(21)22)7-11-20(14,2)17(15)8-10-19/h5,8,10,12,15-17H,3-4,6-7,9,11H2,1-2H3,(H,21,22)/t15?,16?,17?,19-,20-/m0/s1. The van der Waals surface area contributed by atoms with Gasteiger partial charge in [-0.15, -0.1) is 0 Å². The van der Waals surface area contributed by atoms with Gasteiger partial charge in [-0.25, -0.2) is 4.79 Å². The average Bonchev–Trinajstić information content (AvgIpc) is 2.88. The van der Waals surface area contributed by atoms with Gasteiger partial charge >= 0.3 is 5.97 Å². The molecule has 1 saturated carbocycles. The normalized spacial score (nSPS) is 46.2. The van der Waals surface area contributed by atoms with Crippen LogP contribution in [0, 0.1) is 28.6 Å². The van der Waals surface area contributed by atoms with E-state index in [1.54, 1.807) is 0 Å². The summed E-state index contributed by atoms with van der Waals surface area (Å²) in [6.45, 7) is 4.81. The lowest BCUT2D eigenvalue weighted by molar-refractivity contribution is -0.133. The average molecular weight is 298 g/mol. The van der Waals surface area contributed by atoms with Crippen molar-refractivity contribution in [2.75, 3.05) is 0 Å². The van der Waals surface area contributed by atoms with E-state index in [0.29, 0.717) is 23.3 Å². The van der Waals surface area contributed by atoms with Crippen LogP contribution in [0.25, 0.3) is 0 Å². The van der Waals surface area contributed by atoms with Gasteiger partial charge in [0.2, 0.25) is 0 Å². The predicted octanol–water partition coefficient (Wildman–Crippen LogP) is 4.74. The zero-order chi connectivity index (χ0) is 15.5. The molecule has 0 radical (unpaired) electrons. The van der Waals surface area contributed by atoms with Crippen LogP contribution in [0.1, 0.15) is 52.4 Å². The molecule has 0 spiro atoms. The molecule has 1 fully saturated rings. The zero-order valence-corrected chi connectivity index (χ0v) is 13.6. The number of hydrogen-bond acceptors (Lipinski definition) is 1.